The van der Waals surface area contributed by atoms with Crippen molar-refractivity contribution in [3.05, 3.63) is 59.7 Å². The number of benzene rings is 1. The highest BCUT2D eigenvalue weighted by Crippen LogP contribution is 2.39. The molecule has 2 aromatic rings. The lowest BCUT2D eigenvalue weighted by atomic mass is 9.79. The molecule has 1 aromatic carbocycles. The number of carbonyl (C=O) groups excluding carboxylic acids is 1. The van der Waals surface area contributed by atoms with E-state index in [0.29, 0.717) is 30.9 Å². The third-order valence-electron chi connectivity index (χ3n) is 6.76. The van der Waals surface area contributed by atoms with Crippen LogP contribution in [0.25, 0.3) is 0 Å². The van der Waals surface area contributed by atoms with Gasteiger partial charge in [0, 0.05) is 56.1 Å². The van der Waals surface area contributed by atoms with Crippen molar-refractivity contribution < 1.29 is 13.9 Å². The summed E-state index contributed by atoms with van der Waals surface area (Å²) in [5.74, 6) is 0.677. The number of aromatic nitrogens is 1. The van der Waals surface area contributed by atoms with E-state index in [-0.39, 0.29) is 17.1 Å². The van der Waals surface area contributed by atoms with Gasteiger partial charge in [0.15, 0.2) is 0 Å². The molecule has 2 aliphatic rings. The van der Waals surface area contributed by atoms with Crippen LogP contribution in [0, 0.1) is 11.2 Å². The maximum absolute atomic E-state index is 14.3. The predicted molar refractivity (Wildman–Crippen MR) is 122 cm³/mol. The van der Waals surface area contributed by atoms with Crippen molar-refractivity contribution in [2.45, 2.75) is 32.4 Å². The van der Waals surface area contributed by atoms with Gasteiger partial charge in [-0.2, -0.15) is 0 Å². The molecule has 1 atom stereocenters. The predicted octanol–water partition coefficient (Wildman–Crippen LogP) is 3.18. The van der Waals surface area contributed by atoms with Crippen LogP contribution in [0.5, 0.6) is 5.75 Å². The fraction of sp³-hybridized carbons (Fsp3) is 0.520. The maximum Gasteiger partial charge on any atom is 0.236 e. The summed E-state index contributed by atoms with van der Waals surface area (Å²) in [4.78, 5) is 23.5. The zero-order valence-corrected chi connectivity index (χ0v) is 19.1. The normalized spacial score (nSPS) is 21.4. The third kappa shape index (κ3) is 5.45. The molecule has 0 aliphatic carbocycles. The molecule has 2 saturated heterocycles. The van der Waals surface area contributed by atoms with Gasteiger partial charge >= 0.3 is 0 Å². The van der Waals surface area contributed by atoms with Gasteiger partial charge in [-0.25, -0.2) is 4.39 Å². The minimum Gasteiger partial charge on any atom is -0.497 e. The first-order chi connectivity index (χ1) is 15.5. The number of ether oxygens (including phenoxy) is 1. The lowest BCUT2D eigenvalue weighted by Gasteiger charge is -2.40. The number of methoxy groups -OCH3 is 1. The van der Waals surface area contributed by atoms with E-state index in [0.717, 1.165) is 51.0 Å². The topological polar surface area (TPSA) is 48.9 Å². The molecule has 2 aliphatic heterocycles. The summed E-state index contributed by atoms with van der Waals surface area (Å²) in [6.45, 7) is 5.15. The van der Waals surface area contributed by atoms with E-state index in [1.54, 1.807) is 25.4 Å². The molecular formula is C25H33FN4O2. The van der Waals surface area contributed by atoms with Gasteiger partial charge in [-0.05, 0) is 62.7 Å². The van der Waals surface area contributed by atoms with E-state index in [2.05, 4.69) is 9.88 Å². The van der Waals surface area contributed by atoms with E-state index < -0.39 is 0 Å². The maximum atomic E-state index is 14.3. The van der Waals surface area contributed by atoms with Gasteiger partial charge in [-0.3, -0.25) is 19.6 Å². The molecule has 0 radical (unpaired) electrons. The van der Waals surface area contributed by atoms with Crippen molar-refractivity contribution in [3.63, 3.8) is 0 Å². The highest BCUT2D eigenvalue weighted by Gasteiger charge is 2.42. The number of rotatable bonds is 7. The summed E-state index contributed by atoms with van der Waals surface area (Å²) in [5, 5.41) is 0. The number of nitrogens with zero attached hydrogens (tertiary/aromatic N) is 4. The molecular weight excluding hydrogens is 407 g/mol. The molecule has 32 heavy (non-hydrogen) atoms. The first-order valence-corrected chi connectivity index (χ1v) is 11.4. The van der Waals surface area contributed by atoms with Crippen molar-refractivity contribution in [3.8, 4) is 5.75 Å². The van der Waals surface area contributed by atoms with Crippen LogP contribution >= 0.6 is 0 Å². The summed E-state index contributed by atoms with van der Waals surface area (Å²) in [5.41, 5.74) is 1.89. The number of hydrogen-bond acceptors (Lipinski definition) is 5. The lowest BCUT2D eigenvalue weighted by molar-refractivity contribution is -0.131. The molecule has 6 nitrogen and oxygen atoms in total. The van der Waals surface area contributed by atoms with E-state index >= 15 is 0 Å². The zero-order valence-electron chi connectivity index (χ0n) is 19.1. The fourth-order valence-corrected chi connectivity index (χ4v) is 5.16. The Morgan fingerprint density at radius 1 is 1.25 bits per heavy atom. The van der Waals surface area contributed by atoms with Gasteiger partial charge < -0.3 is 9.64 Å². The van der Waals surface area contributed by atoms with Crippen molar-refractivity contribution in [2.24, 2.45) is 5.41 Å². The quantitative estimate of drug-likeness (QED) is 0.662. The van der Waals surface area contributed by atoms with E-state index in [4.69, 9.17) is 4.74 Å². The molecule has 0 bridgehead atoms. The number of hydrogen-bond donors (Lipinski definition) is 0. The Labute approximate surface area is 190 Å². The van der Waals surface area contributed by atoms with Crippen LogP contribution in [0.3, 0.4) is 0 Å². The summed E-state index contributed by atoms with van der Waals surface area (Å²) in [6.07, 6.45) is 6.82. The van der Waals surface area contributed by atoms with Gasteiger partial charge in [0.1, 0.15) is 11.6 Å². The van der Waals surface area contributed by atoms with Crippen molar-refractivity contribution in [1.82, 2.24) is 19.7 Å². The van der Waals surface area contributed by atoms with Gasteiger partial charge in [-0.1, -0.05) is 6.07 Å². The molecule has 3 heterocycles. The Morgan fingerprint density at radius 2 is 2.12 bits per heavy atom. The number of amides is 1. The Morgan fingerprint density at radius 3 is 2.91 bits per heavy atom. The van der Waals surface area contributed by atoms with Gasteiger partial charge in [0.05, 0.1) is 13.7 Å². The van der Waals surface area contributed by atoms with E-state index in [9.17, 15) is 9.18 Å². The van der Waals surface area contributed by atoms with Crippen LogP contribution in [0.4, 0.5) is 4.39 Å². The fourth-order valence-electron chi connectivity index (χ4n) is 5.16. The first-order valence-electron chi connectivity index (χ1n) is 11.4. The van der Waals surface area contributed by atoms with Gasteiger partial charge in [0.2, 0.25) is 5.91 Å². The smallest absolute Gasteiger partial charge is 0.236 e. The second kappa shape index (κ2) is 9.96. The largest absolute Gasteiger partial charge is 0.497 e. The zero-order chi connectivity index (χ0) is 22.6. The Hall–Kier alpha value is -2.51. The number of carbonyl (C=O) groups is 1. The lowest BCUT2D eigenvalue weighted by Crippen LogP contribution is -2.46. The number of likely N-dealkylation sites (N-methyl/N-ethyl adjacent to an activating group) is 1. The molecule has 4 rings (SSSR count). The number of pyridine rings is 1. The summed E-state index contributed by atoms with van der Waals surface area (Å²) < 4.78 is 19.6. The minimum absolute atomic E-state index is 0.116. The van der Waals surface area contributed by atoms with Gasteiger partial charge in [-0.15, -0.1) is 0 Å². The first kappa shape index (κ1) is 22.7. The Balaban J connectivity index is 1.32. The highest BCUT2D eigenvalue weighted by atomic mass is 19.1. The minimum atomic E-state index is -0.190. The standard InChI is InChI=1S/C25H33FN4O2/c1-28(15-20-5-3-10-27-14-20)17-24(31)30-12-9-25(19-30)8-4-11-29(18-25)16-21-13-22(32-2)6-7-23(21)26/h3,5-7,10,13-14H,4,8-9,11-12,15-19H2,1-2H3/t25-/m1/s1. The summed E-state index contributed by atoms with van der Waals surface area (Å²) in [6, 6.07) is 8.87. The van der Waals surface area contributed by atoms with Crippen LogP contribution in [0.15, 0.2) is 42.7 Å². The van der Waals surface area contributed by atoms with Crippen LogP contribution in [0.1, 0.15) is 30.4 Å². The molecule has 2 fully saturated rings. The number of piperidine rings is 1. The highest BCUT2D eigenvalue weighted by molar-refractivity contribution is 5.78. The molecule has 0 N–H and O–H groups in total. The molecule has 1 amide bonds. The van der Waals surface area contributed by atoms with Gasteiger partial charge in [0.25, 0.3) is 0 Å². The number of halogens is 1. The molecule has 172 valence electrons. The molecule has 1 aromatic heterocycles. The SMILES string of the molecule is COc1ccc(F)c(CN2CCC[C@@]3(CCN(C(=O)CN(C)Cc4cccnc4)C3)C2)c1. The van der Waals surface area contributed by atoms with Crippen LogP contribution < -0.4 is 4.74 Å². The second-order valence-electron chi connectivity index (χ2n) is 9.37. The Bertz CT molecular complexity index is 925. The molecule has 0 saturated carbocycles. The average Bonchev–Trinajstić information content (AvgIpc) is 3.19. The monoisotopic (exact) mass is 440 g/mol. The molecule has 7 heteroatoms. The second-order valence-corrected chi connectivity index (χ2v) is 9.37. The van der Waals surface area contributed by atoms with Crippen molar-refractivity contribution in [1.29, 1.82) is 0 Å². The average molecular weight is 441 g/mol. The summed E-state index contributed by atoms with van der Waals surface area (Å²) >= 11 is 0. The third-order valence-corrected chi connectivity index (χ3v) is 6.76. The van der Waals surface area contributed by atoms with Crippen LogP contribution in [-0.2, 0) is 17.9 Å². The molecule has 1 spiro atoms. The van der Waals surface area contributed by atoms with Crippen molar-refractivity contribution >= 4 is 5.91 Å². The summed E-state index contributed by atoms with van der Waals surface area (Å²) in [7, 11) is 3.58. The number of likely N-dealkylation sites (tertiary alicyclic amines) is 2. The Kier molecular flexibility index (Phi) is 7.06. The van der Waals surface area contributed by atoms with E-state index in [1.807, 2.05) is 35.2 Å². The van der Waals surface area contributed by atoms with Crippen LogP contribution in [-0.4, -0.2) is 72.5 Å². The molecule has 0 unspecified atom stereocenters. The van der Waals surface area contributed by atoms with Crippen molar-refractivity contribution in [2.75, 3.05) is 46.9 Å². The van der Waals surface area contributed by atoms with Crippen LogP contribution in [0.2, 0.25) is 0 Å². The van der Waals surface area contributed by atoms with E-state index in [1.165, 1.54) is 6.07 Å².